The fourth-order valence-electron chi connectivity index (χ4n) is 7.99. The molecule has 0 spiro atoms. The van der Waals surface area contributed by atoms with Gasteiger partial charge in [-0.05, 0) is 59.4 Å². The standard InChI is InChI=1S/2C20H22N2O3.C6H9NO2.C5H7NO3.2H2/c2*23-20-17-2-1-3-19(18(17)12-21-20)25-14-16-6-4-15(5-7-16)13-22-8-10-24-11-9-22;8-5-3-1-2-4-6(9)7-5;7-4-1-2-9-3-5(8)6-4;;/h2*1-7H,8-14H2,(H,21,23);1-4H2,(H,7,8,9);1-3H2,(H,6,7,8);2*1H. The lowest BCUT2D eigenvalue weighted by molar-refractivity contribution is -0.131. The molecule has 0 bridgehead atoms. The SMILES string of the molecule is O=C1CCCCC(=O)N1.O=C1CCOCC(=O)N1.O=C1NCc2c(OCc3ccc(CN4CCOCC4)cc3)cccc21.O=C1NCc2c(OCc3ccc(CN4CCOCC4)cc3)cccc21.[HH].[HH]. The molecule has 0 unspecified atom stereocenters. The van der Waals surface area contributed by atoms with Gasteiger partial charge in [-0.25, -0.2) is 0 Å². The van der Waals surface area contributed by atoms with Crippen molar-refractivity contribution in [2.75, 3.05) is 65.8 Å². The highest BCUT2D eigenvalue weighted by Crippen LogP contribution is 2.28. The van der Waals surface area contributed by atoms with Crippen LogP contribution in [0.1, 0.15) is 89.1 Å². The third-order valence-corrected chi connectivity index (χ3v) is 11.8. The van der Waals surface area contributed by atoms with Crippen LogP contribution in [-0.4, -0.2) is 111 Å². The van der Waals surface area contributed by atoms with Crippen molar-refractivity contribution in [2.24, 2.45) is 0 Å². The molecule has 10 rings (SSSR count). The quantitative estimate of drug-likeness (QED) is 0.163. The van der Waals surface area contributed by atoms with E-state index in [4.69, 9.17) is 23.7 Å². The molecule has 6 heterocycles. The number of rotatable bonds is 10. The predicted octanol–water partition coefficient (Wildman–Crippen LogP) is 4.43. The summed E-state index contributed by atoms with van der Waals surface area (Å²) >= 11 is 0. The highest BCUT2D eigenvalue weighted by molar-refractivity contribution is 6.00. The van der Waals surface area contributed by atoms with Crippen LogP contribution < -0.4 is 30.7 Å². The zero-order valence-electron chi connectivity index (χ0n) is 38.3. The van der Waals surface area contributed by atoms with E-state index >= 15 is 0 Å². The molecule has 6 amide bonds. The minimum absolute atomic E-state index is 0. The van der Waals surface area contributed by atoms with Gasteiger partial charge in [0.05, 0.1) is 39.5 Å². The molecule has 6 aliphatic rings. The van der Waals surface area contributed by atoms with Gasteiger partial charge in [-0.3, -0.25) is 49.2 Å². The van der Waals surface area contributed by atoms with Gasteiger partial charge >= 0.3 is 0 Å². The van der Waals surface area contributed by atoms with Gasteiger partial charge in [0.15, 0.2) is 0 Å². The Morgan fingerprint density at radius 3 is 1.34 bits per heavy atom. The molecular formula is C51H64N6O11. The summed E-state index contributed by atoms with van der Waals surface area (Å²) in [7, 11) is 0. The van der Waals surface area contributed by atoms with Crippen molar-refractivity contribution < 1.29 is 55.3 Å². The Balaban J connectivity index is 0.000000190. The van der Waals surface area contributed by atoms with Gasteiger partial charge in [0.2, 0.25) is 17.7 Å². The molecule has 4 saturated heterocycles. The highest BCUT2D eigenvalue weighted by Gasteiger charge is 2.23. The van der Waals surface area contributed by atoms with Crippen LogP contribution in [-0.2, 0) is 72.8 Å². The summed E-state index contributed by atoms with van der Waals surface area (Å²) in [6.45, 7) is 11.7. The first kappa shape index (κ1) is 49.4. The molecule has 0 aromatic heterocycles. The Kier molecular flexibility index (Phi) is 18.6. The lowest BCUT2D eigenvalue weighted by Crippen LogP contribution is -2.35. The zero-order valence-corrected chi connectivity index (χ0v) is 38.3. The number of imide groups is 2. The van der Waals surface area contributed by atoms with E-state index in [1.165, 1.54) is 11.1 Å². The Labute approximate surface area is 399 Å². The Bertz CT molecular complexity index is 2180. The average Bonchev–Trinajstić information content (AvgIpc) is 3.79. The van der Waals surface area contributed by atoms with Crippen LogP contribution in [0.3, 0.4) is 0 Å². The third-order valence-electron chi connectivity index (χ3n) is 11.8. The normalized spacial score (nSPS) is 18.2. The van der Waals surface area contributed by atoms with E-state index < -0.39 is 0 Å². The molecule has 4 fully saturated rings. The van der Waals surface area contributed by atoms with Gasteiger partial charge in [0.1, 0.15) is 31.3 Å². The first-order chi connectivity index (χ1) is 33.2. The maximum absolute atomic E-state index is 11.7. The van der Waals surface area contributed by atoms with Crippen LogP contribution in [0.15, 0.2) is 84.9 Å². The van der Waals surface area contributed by atoms with E-state index in [1.54, 1.807) is 0 Å². The summed E-state index contributed by atoms with van der Waals surface area (Å²) in [5, 5.41) is 10.1. The highest BCUT2D eigenvalue weighted by atomic mass is 16.5. The molecule has 6 aliphatic heterocycles. The van der Waals surface area contributed by atoms with Crippen LogP contribution in [0.4, 0.5) is 0 Å². The number of benzene rings is 4. The van der Waals surface area contributed by atoms with E-state index in [-0.39, 0.29) is 51.3 Å². The number of hydrogen-bond acceptors (Lipinski definition) is 13. The zero-order chi connectivity index (χ0) is 47.5. The second-order valence-corrected chi connectivity index (χ2v) is 16.9. The summed E-state index contributed by atoms with van der Waals surface area (Å²) in [6.07, 6.45) is 2.98. The molecule has 0 aliphatic carbocycles. The number of fused-ring (bicyclic) bond motifs is 2. The monoisotopic (exact) mass is 936 g/mol. The largest absolute Gasteiger partial charge is 0.489 e. The summed E-state index contributed by atoms with van der Waals surface area (Å²) in [5.74, 6) is 0.673. The second kappa shape index (κ2) is 25.6. The predicted molar refractivity (Wildman–Crippen MR) is 253 cm³/mol. The van der Waals surface area contributed by atoms with Crippen molar-refractivity contribution in [1.29, 1.82) is 0 Å². The van der Waals surface area contributed by atoms with Crippen LogP contribution >= 0.6 is 0 Å². The van der Waals surface area contributed by atoms with Crippen molar-refractivity contribution in [3.05, 3.63) is 129 Å². The van der Waals surface area contributed by atoms with Gasteiger partial charge in [-0.15, -0.1) is 0 Å². The number of hydrogen-bond donors (Lipinski definition) is 4. The molecule has 4 N–H and O–H groups in total. The van der Waals surface area contributed by atoms with Crippen LogP contribution in [0.2, 0.25) is 0 Å². The van der Waals surface area contributed by atoms with Crippen LogP contribution in [0.25, 0.3) is 0 Å². The minimum Gasteiger partial charge on any atom is -0.489 e. The van der Waals surface area contributed by atoms with Gasteiger partial charge in [0, 0.05) is 90.3 Å². The Morgan fingerprint density at radius 1 is 0.471 bits per heavy atom. The van der Waals surface area contributed by atoms with Gasteiger partial charge in [-0.2, -0.15) is 0 Å². The van der Waals surface area contributed by atoms with E-state index in [9.17, 15) is 28.8 Å². The van der Waals surface area contributed by atoms with Crippen molar-refractivity contribution in [2.45, 2.75) is 71.5 Å². The van der Waals surface area contributed by atoms with Crippen molar-refractivity contribution in [1.82, 2.24) is 31.1 Å². The number of nitrogens with one attached hydrogen (secondary N) is 4. The molecule has 4 aromatic carbocycles. The maximum atomic E-state index is 11.7. The third kappa shape index (κ3) is 15.3. The summed E-state index contributed by atoms with van der Waals surface area (Å²) < 4.78 is 27.4. The number of morpholine rings is 2. The number of carbonyl (C=O) groups is 6. The van der Waals surface area contributed by atoms with Crippen molar-refractivity contribution in [3.63, 3.8) is 0 Å². The lowest BCUT2D eigenvalue weighted by Gasteiger charge is -2.26. The smallest absolute Gasteiger partial charge is 0.252 e. The Morgan fingerprint density at radius 2 is 0.882 bits per heavy atom. The molecule has 0 radical (unpaired) electrons. The average molecular weight is 937 g/mol. The first-order valence-corrected chi connectivity index (χ1v) is 23.2. The first-order valence-electron chi connectivity index (χ1n) is 23.2. The van der Waals surface area contributed by atoms with Crippen molar-refractivity contribution >= 4 is 35.4 Å². The second-order valence-electron chi connectivity index (χ2n) is 16.9. The summed E-state index contributed by atoms with van der Waals surface area (Å²) in [6, 6.07) is 28.4. The fraction of sp³-hybridized carbons (Fsp3) is 0.412. The topological polar surface area (TPSA) is 203 Å². The molecule has 0 atom stereocenters. The summed E-state index contributed by atoms with van der Waals surface area (Å²) in [4.78, 5) is 70.3. The molecular weight excluding hydrogens is 873 g/mol. The van der Waals surface area contributed by atoms with E-state index in [2.05, 4.69) is 79.6 Å². The molecule has 17 nitrogen and oxygen atoms in total. The van der Waals surface area contributed by atoms with Gasteiger partial charge < -0.3 is 34.3 Å². The maximum Gasteiger partial charge on any atom is 0.252 e. The van der Waals surface area contributed by atoms with Gasteiger partial charge in [0.25, 0.3) is 17.7 Å². The summed E-state index contributed by atoms with van der Waals surface area (Å²) in [5.41, 5.74) is 8.22. The van der Waals surface area contributed by atoms with Crippen LogP contribution in [0.5, 0.6) is 11.5 Å². The fourth-order valence-corrected chi connectivity index (χ4v) is 7.99. The molecule has 364 valence electrons. The van der Waals surface area contributed by atoms with E-state index in [0.29, 0.717) is 45.8 Å². The van der Waals surface area contributed by atoms with E-state index in [1.807, 2.05) is 36.4 Å². The molecule has 0 saturated carbocycles. The number of nitrogens with zero attached hydrogens (tertiary/aromatic N) is 2. The number of amides is 6. The Hall–Kier alpha value is -6.50. The molecule has 4 aromatic rings. The molecule has 68 heavy (non-hydrogen) atoms. The van der Waals surface area contributed by atoms with Crippen LogP contribution in [0, 0.1) is 0 Å². The minimum atomic E-state index is -0.350. The van der Waals surface area contributed by atoms with Gasteiger partial charge in [-0.1, -0.05) is 60.7 Å². The molecule has 17 heteroatoms. The number of ether oxygens (including phenoxy) is 5. The number of carbonyl (C=O) groups excluding carboxylic acids is 6. The van der Waals surface area contributed by atoms with Crippen molar-refractivity contribution in [3.8, 4) is 11.5 Å². The lowest BCUT2D eigenvalue weighted by atomic mass is 10.1. The van der Waals surface area contributed by atoms with E-state index in [0.717, 1.165) is 123 Å².